The molecule has 1 aliphatic heterocycles. The van der Waals surface area contributed by atoms with E-state index >= 15 is 0 Å². The third-order valence-corrected chi connectivity index (χ3v) is 7.54. The molecule has 1 amide bonds. The zero-order valence-corrected chi connectivity index (χ0v) is 19.0. The lowest BCUT2D eigenvalue weighted by molar-refractivity contribution is -0.100. The van der Waals surface area contributed by atoms with Crippen molar-refractivity contribution >= 4 is 16.1 Å². The molecule has 1 saturated heterocycles. The lowest BCUT2D eigenvalue weighted by Crippen LogP contribution is -2.50. The van der Waals surface area contributed by atoms with E-state index < -0.39 is 40.1 Å². The first-order chi connectivity index (χ1) is 13.6. The van der Waals surface area contributed by atoms with Crippen molar-refractivity contribution in [1.82, 2.24) is 9.62 Å². The van der Waals surface area contributed by atoms with Gasteiger partial charge in [0.2, 0.25) is 10.0 Å². The molecule has 2 N–H and O–H groups in total. The molecule has 0 aromatic rings. The molecule has 0 bridgehead atoms. The summed E-state index contributed by atoms with van der Waals surface area (Å²) in [7, 11) is -2.09. The van der Waals surface area contributed by atoms with Crippen molar-refractivity contribution in [3.63, 3.8) is 0 Å². The molecule has 9 heteroatoms. The van der Waals surface area contributed by atoms with Crippen LogP contribution >= 0.6 is 0 Å². The largest absolute Gasteiger partial charge is 0.465 e. The van der Waals surface area contributed by atoms with Crippen LogP contribution in [-0.2, 0) is 19.5 Å². The normalized spacial score (nSPS) is 26.6. The monoisotopic (exact) mass is 434 g/mol. The van der Waals surface area contributed by atoms with Crippen LogP contribution in [0.15, 0.2) is 0 Å². The van der Waals surface area contributed by atoms with Crippen molar-refractivity contribution in [3.8, 4) is 0 Å². The maximum absolute atomic E-state index is 12.5. The second-order valence-corrected chi connectivity index (χ2v) is 10.6. The molecule has 0 aromatic heterocycles. The zero-order chi connectivity index (χ0) is 21.7. The third kappa shape index (κ3) is 6.54. The van der Waals surface area contributed by atoms with Gasteiger partial charge < -0.3 is 14.6 Å². The molecule has 1 aliphatic carbocycles. The Balaban J connectivity index is 2.21. The van der Waals surface area contributed by atoms with Crippen molar-refractivity contribution in [3.05, 3.63) is 0 Å². The number of carboxylic acid groups (broad SMARTS) is 1. The van der Waals surface area contributed by atoms with E-state index in [-0.39, 0.29) is 5.75 Å². The highest BCUT2D eigenvalue weighted by Gasteiger charge is 2.53. The summed E-state index contributed by atoms with van der Waals surface area (Å²) in [4.78, 5) is 13.4. The molecule has 170 valence electrons. The van der Waals surface area contributed by atoms with Gasteiger partial charge in [-0.2, -0.15) is 0 Å². The molecule has 1 saturated carbocycles. The molecule has 0 radical (unpaired) electrons. The highest BCUT2D eigenvalue weighted by atomic mass is 32.2. The van der Waals surface area contributed by atoms with E-state index in [0.717, 1.165) is 38.5 Å². The standard InChI is InChI=1S/C20H38N2O6S/c1-5-6-12-21-29(25,26)14-17(27-4)18-16(13-15-10-8-7-9-11-15)22(19(23)24)20(2,3)28-18/h15-18,21H,5-14H2,1-4H3,(H,23,24)/t16-,17+,18-/m0/s1. The van der Waals surface area contributed by atoms with E-state index in [4.69, 9.17) is 9.47 Å². The first kappa shape index (κ1) is 24.4. The number of amides is 1. The molecule has 1 heterocycles. The van der Waals surface area contributed by atoms with Gasteiger partial charge in [-0.1, -0.05) is 45.4 Å². The number of methoxy groups -OCH3 is 1. The van der Waals surface area contributed by atoms with Gasteiger partial charge in [-0.15, -0.1) is 0 Å². The van der Waals surface area contributed by atoms with Gasteiger partial charge in [0.25, 0.3) is 0 Å². The van der Waals surface area contributed by atoms with E-state index in [2.05, 4.69) is 4.72 Å². The van der Waals surface area contributed by atoms with Gasteiger partial charge in [-0.05, 0) is 32.6 Å². The lowest BCUT2D eigenvalue weighted by Gasteiger charge is -2.34. The summed E-state index contributed by atoms with van der Waals surface area (Å²) in [5.41, 5.74) is -1.04. The number of sulfonamides is 1. The number of rotatable bonds is 10. The van der Waals surface area contributed by atoms with Crippen molar-refractivity contribution < 1.29 is 27.8 Å². The van der Waals surface area contributed by atoms with Crippen LogP contribution in [-0.4, -0.2) is 67.9 Å². The number of nitrogens with one attached hydrogen (secondary N) is 1. The van der Waals surface area contributed by atoms with Crippen LogP contribution in [0.3, 0.4) is 0 Å². The van der Waals surface area contributed by atoms with Crippen molar-refractivity contribution in [1.29, 1.82) is 0 Å². The summed E-state index contributed by atoms with van der Waals surface area (Å²) in [6.45, 7) is 5.82. The molecule has 0 aromatic carbocycles. The minimum absolute atomic E-state index is 0.247. The number of hydrogen-bond acceptors (Lipinski definition) is 5. The Hall–Kier alpha value is -0.900. The Labute approximate surface area is 175 Å². The van der Waals surface area contributed by atoms with E-state index in [1.807, 2.05) is 6.92 Å². The van der Waals surface area contributed by atoms with E-state index in [1.54, 1.807) is 13.8 Å². The zero-order valence-electron chi connectivity index (χ0n) is 18.2. The van der Waals surface area contributed by atoms with Gasteiger partial charge in [0.05, 0.1) is 11.8 Å². The summed E-state index contributed by atoms with van der Waals surface area (Å²) < 4.78 is 39.3. The summed E-state index contributed by atoms with van der Waals surface area (Å²) in [6.07, 6.45) is 5.59. The Bertz CT molecular complexity index is 633. The number of hydrogen-bond donors (Lipinski definition) is 2. The smallest absolute Gasteiger partial charge is 0.409 e. The fraction of sp³-hybridized carbons (Fsp3) is 0.950. The topological polar surface area (TPSA) is 105 Å². The molecule has 3 atom stereocenters. The predicted octanol–water partition coefficient (Wildman–Crippen LogP) is 3.17. The average molecular weight is 435 g/mol. The van der Waals surface area contributed by atoms with Gasteiger partial charge in [-0.3, -0.25) is 4.90 Å². The number of nitrogens with zero attached hydrogens (tertiary/aromatic N) is 1. The molecule has 29 heavy (non-hydrogen) atoms. The number of ether oxygens (including phenoxy) is 2. The molecular formula is C20H38N2O6S. The van der Waals surface area contributed by atoms with Crippen LogP contribution in [0.1, 0.15) is 72.1 Å². The molecule has 2 aliphatic rings. The SMILES string of the molecule is CCCCNS(=O)(=O)C[C@@H](OC)[C@H]1OC(C)(C)N(C(=O)O)[C@H]1CC1CCCCC1. The van der Waals surface area contributed by atoms with Gasteiger partial charge in [0.15, 0.2) is 0 Å². The van der Waals surface area contributed by atoms with Crippen LogP contribution in [0, 0.1) is 5.92 Å². The minimum Gasteiger partial charge on any atom is -0.465 e. The summed E-state index contributed by atoms with van der Waals surface area (Å²) in [5, 5.41) is 9.87. The van der Waals surface area contributed by atoms with Crippen molar-refractivity contribution in [2.24, 2.45) is 5.92 Å². The highest BCUT2D eigenvalue weighted by molar-refractivity contribution is 7.89. The minimum atomic E-state index is -3.56. The second-order valence-electron chi connectivity index (χ2n) is 8.79. The molecule has 2 fully saturated rings. The molecule has 0 unspecified atom stereocenters. The fourth-order valence-corrected chi connectivity index (χ4v) is 6.02. The number of carbonyl (C=O) groups is 1. The van der Waals surface area contributed by atoms with E-state index in [0.29, 0.717) is 18.9 Å². The Morgan fingerprint density at radius 2 is 1.97 bits per heavy atom. The van der Waals surface area contributed by atoms with E-state index in [9.17, 15) is 18.3 Å². The van der Waals surface area contributed by atoms with Gasteiger partial charge >= 0.3 is 6.09 Å². The lowest BCUT2D eigenvalue weighted by atomic mass is 9.83. The van der Waals surface area contributed by atoms with Gasteiger partial charge in [-0.25, -0.2) is 17.9 Å². The summed E-state index contributed by atoms with van der Waals surface area (Å²) in [5.74, 6) is 0.176. The summed E-state index contributed by atoms with van der Waals surface area (Å²) in [6, 6.07) is -0.429. The maximum atomic E-state index is 12.5. The van der Waals surface area contributed by atoms with Crippen LogP contribution in [0.5, 0.6) is 0 Å². The third-order valence-electron chi connectivity index (χ3n) is 6.13. The predicted molar refractivity (Wildman–Crippen MR) is 111 cm³/mol. The first-order valence-corrected chi connectivity index (χ1v) is 12.5. The van der Waals surface area contributed by atoms with Crippen LogP contribution < -0.4 is 4.72 Å². The van der Waals surface area contributed by atoms with Crippen LogP contribution in [0.4, 0.5) is 4.79 Å². The second kappa shape index (κ2) is 10.4. The molecule has 0 spiro atoms. The molecular weight excluding hydrogens is 396 g/mol. The maximum Gasteiger partial charge on any atom is 0.409 e. The van der Waals surface area contributed by atoms with Crippen molar-refractivity contribution in [2.45, 2.75) is 96.1 Å². The number of unbranched alkanes of at least 4 members (excludes halogenated alkanes) is 1. The van der Waals surface area contributed by atoms with Gasteiger partial charge in [0.1, 0.15) is 17.9 Å². The van der Waals surface area contributed by atoms with Crippen molar-refractivity contribution in [2.75, 3.05) is 19.4 Å². The van der Waals surface area contributed by atoms with Crippen LogP contribution in [0.25, 0.3) is 0 Å². The fourth-order valence-electron chi connectivity index (χ4n) is 4.69. The quantitative estimate of drug-likeness (QED) is 0.512. The average Bonchev–Trinajstić information content (AvgIpc) is 2.91. The first-order valence-electron chi connectivity index (χ1n) is 10.8. The van der Waals surface area contributed by atoms with E-state index in [1.165, 1.54) is 18.4 Å². The van der Waals surface area contributed by atoms with Crippen LogP contribution in [0.2, 0.25) is 0 Å². The Morgan fingerprint density at radius 1 is 1.31 bits per heavy atom. The Morgan fingerprint density at radius 3 is 2.52 bits per heavy atom. The Kier molecular flexibility index (Phi) is 8.75. The summed E-state index contributed by atoms with van der Waals surface area (Å²) >= 11 is 0. The molecule has 8 nitrogen and oxygen atoms in total. The van der Waals surface area contributed by atoms with Gasteiger partial charge in [0, 0.05) is 13.7 Å². The highest BCUT2D eigenvalue weighted by Crippen LogP contribution is 2.40. The molecule has 2 rings (SSSR count).